The third-order valence-corrected chi connectivity index (χ3v) is 6.69. The van der Waals surface area contributed by atoms with Gasteiger partial charge in [-0.25, -0.2) is 14.8 Å². The summed E-state index contributed by atoms with van der Waals surface area (Å²) in [6, 6.07) is 9.46. The molecule has 1 aromatic heterocycles. The van der Waals surface area contributed by atoms with Gasteiger partial charge >= 0.3 is 12.1 Å². The number of aromatic nitrogens is 2. The molecule has 43 heavy (non-hydrogen) atoms. The molecule has 1 aromatic carbocycles. The van der Waals surface area contributed by atoms with Crippen molar-refractivity contribution in [1.82, 2.24) is 25.1 Å². The molecule has 1 aliphatic heterocycles. The number of carbonyl (C=O) groups is 4. The quantitative estimate of drug-likeness (QED) is 0.371. The van der Waals surface area contributed by atoms with Gasteiger partial charge in [0, 0.05) is 38.2 Å². The molecule has 0 bridgehead atoms. The summed E-state index contributed by atoms with van der Waals surface area (Å²) in [6.45, 7) is 10.2. The zero-order valence-corrected chi connectivity index (χ0v) is 25.7. The van der Waals surface area contributed by atoms with Gasteiger partial charge < -0.3 is 29.7 Å². The molecule has 0 saturated carbocycles. The van der Waals surface area contributed by atoms with Crippen molar-refractivity contribution in [2.45, 2.75) is 78.0 Å². The summed E-state index contributed by atoms with van der Waals surface area (Å²) in [7, 11) is 0. The number of aliphatic hydroxyl groups is 1. The number of amides is 3. The Balaban J connectivity index is 1.85. The summed E-state index contributed by atoms with van der Waals surface area (Å²) in [5, 5.41) is 13.5. The highest BCUT2D eigenvalue weighted by molar-refractivity contribution is 5.96. The van der Waals surface area contributed by atoms with Crippen molar-refractivity contribution in [3.05, 3.63) is 47.8 Å². The summed E-state index contributed by atoms with van der Waals surface area (Å²) in [4.78, 5) is 63.9. The molecule has 12 heteroatoms. The van der Waals surface area contributed by atoms with E-state index in [4.69, 9.17) is 9.47 Å². The molecule has 2 aromatic rings. The molecule has 2 N–H and O–H groups in total. The molecule has 3 rings (SSSR count). The first kappa shape index (κ1) is 33.4. The predicted molar refractivity (Wildman–Crippen MR) is 159 cm³/mol. The van der Waals surface area contributed by atoms with E-state index in [1.165, 1.54) is 11.0 Å². The third kappa shape index (κ3) is 10.0. The van der Waals surface area contributed by atoms with Gasteiger partial charge in [-0.2, -0.15) is 0 Å². The first-order valence-corrected chi connectivity index (χ1v) is 14.8. The van der Waals surface area contributed by atoms with Crippen LogP contribution < -0.4 is 5.32 Å². The number of ether oxygens (including phenoxy) is 2. The highest BCUT2D eigenvalue weighted by Crippen LogP contribution is 2.22. The zero-order chi connectivity index (χ0) is 31.6. The Morgan fingerprint density at radius 2 is 1.63 bits per heavy atom. The molecule has 3 amide bonds. The van der Waals surface area contributed by atoms with E-state index >= 15 is 0 Å². The Morgan fingerprint density at radius 1 is 0.977 bits per heavy atom. The minimum Gasteiger partial charge on any atom is -0.460 e. The number of rotatable bonds is 11. The average Bonchev–Trinajstić information content (AvgIpc) is 2.98. The average molecular weight is 598 g/mol. The maximum Gasteiger partial charge on any atom is 0.409 e. The van der Waals surface area contributed by atoms with E-state index in [0.717, 1.165) is 0 Å². The Bertz CT molecular complexity index is 1260. The van der Waals surface area contributed by atoms with Crippen molar-refractivity contribution in [3.63, 3.8) is 0 Å². The molecule has 2 unspecified atom stereocenters. The fourth-order valence-corrected chi connectivity index (χ4v) is 4.58. The van der Waals surface area contributed by atoms with E-state index in [1.807, 2.05) is 25.1 Å². The predicted octanol–water partition coefficient (Wildman–Crippen LogP) is 3.50. The summed E-state index contributed by atoms with van der Waals surface area (Å²) in [5.74, 6) is -1.25. The lowest BCUT2D eigenvalue weighted by molar-refractivity contribution is -0.155. The number of aliphatic hydroxyl groups excluding tert-OH is 1. The number of piperazine rings is 1. The third-order valence-electron chi connectivity index (χ3n) is 6.69. The number of benzene rings is 1. The number of esters is 1. The smallest absolute Gasteiger partial charge is 0.409 e. The van der Waals surface area contributed by atoms with Crippen molar-refractivity contribution < 1.29 is 33.8 Å². The monoisotopic (exact) mass is 597 g/mol. The molecule has 2 atom stereocenters. The normalized spacial score (nSPS) is 14.9. The van der Waals surface area contributed by atoms with Crippen LogP contribution in [0.15, 0.2) is 36.4 Å². The lowest BCUT2D eigenvalue weighted by Crippen LogP contribution is -2.56. The fourth-order valence-electron chi connectivity index (χ4n) is 4.58. The van der Waals surface area contributed by atoms with Crippen molar-refractivity contribution >= 4 is 23.9 Å². The Kier molecular flexibility index (Phi) is 12.0. The number of hydrogen-bond donors (Lipinski definition) is 2. The summed E-state index contributed by atoms with van der Waals surface area (Å²) in [6.07, 6.45) is -0.291. The number of carbonyl (C=O) groups excluding carboxylic acids is 4. The van der Waals surface area contributed by atoms with Crippen molar-refractivity contribution in [2.24, 2.45) is 0 Å². The molecular weight excluding hydrogens is 554 g/mol. The zero-order valence-electron chi connectivity index (χ0n) is 25.7. The van der Waals surface area contributed by atoms with Crippen LogP contribution in [-0.2, 0) is 19.1 Å². The van der Waals surface area contributed by atoms with E-state index in [0.29, 0.717) is 24.1 Å². The van der Waals surface area contributed by atoms with Crippen molar-refractivity contribution in [1.29, 1.82) is 0 Å². The van der Waals surface area contributed by atoms with Crippen LogP contribution >= 0.6 is 0 Å². The van der Waals surface area contributed by atoms with Gasteiger partial charge in [-0.15, -0.1) is 0 Å². The standard InChI is InChI=1S/C31H43N5O7/c1-6-11-25(37)23-20-24(33-27(32-23)21-12-9-8-10-13-21)28(39)34-22(14-15-26(38)43-31(3,4)5)29(40)35-16-18-36(19-17-35)30(41)42-7-2/h8-10,12-13,20,22,25,37H,6-7,11,14-19H2,1-5H3,(H,34,39). The number of nitrogens with zero attached hydrogens (tertiary/aromatic N) is 4. The molecule has 1 fully saturated rings. The SMILES string of the molecule is CCCC(O)c1cc(C(=O)NC(CCC(=O)OC(C)(C)C)C(=O)N2CCN(C(=O)OCC)CC2)nc(-c2ccccc2)n1. The first-order valence-electron chi connectivity index (χ1n) is 14.8. The molecule has 1 saturated heterocycles. The van der Waals surface area contributed by atoms with Gasteiger partial charge in [0.05, 0.1) is 18.4 Å². The summed E-state index contributed by atoms with van der Waals surface area (Å²) in [5.41, 5.74) is 0.251. The topological polar surface area (TPSA) is 151 Å². The van der Waals surface area contributed by atoms with Crippen LogP contribution in [0.1, 0.15) is 82.6 Å². The summed E-state index contributed by atoms with van der Waals surface area (Å²) < 4.78 is 10.5. The minimum atomic E-state index is -1.06. The highest BCUT2D eigenvalue weighted by atomic mass is 16.6. The Morgan fingerprint density at radius 3 is 2.23 bits per heavy atom. The van der Waals surface area contributed by atoms with Gasteiger partial charge in [0.1, 0.15) is 17.3 Å². The lowest BCUT2D eigenvalue weighted by atomic mass is 10.1. The lowest BCUT2D eigenvalue weighted by Gasteiger charge is -2.36. The molecule has 12 nitrogen and oxygen atoms in total. The van der Waals surface area contributed by atoms with Crippen LogP contribution in [0.4, 0.5) is 4.79 Å². The second kappa shape index (κ2) is 15.4. The van der Waals surface area contributed by atoms with E-state index < -0.39 is 35.7 Å². The largest absolute Gasteiger partial charge is 0.460 e. The molecule has 0 radical (unpaired) electrons. The van der Waals surface area contributed by atoms with Crippen LogP contribution in [0, 0.1) is 0 Å². The van der Waals surface area contributed by atoms with Crippen LogP contribution in [0.5, 0.6) is 0 Å². The minimum absolute atomic E-state index is 0.000476. The van der Waals surface area contributed by atoms with Gasteiger partial charge in [-0.3, -0.25) is 14.4 Å². The summed E-state index contributed by atoms with van der Waals surface area (Å²) >= 11 is 0. The van der Waals surface area contributed by atoms with Gasteiger partial charge in [-0.1, -0.05) is 43.7 Å². The van der Waals surface area contributed by atoms with E-state index in [-0.39, 0.29) is 63.1 Å². The van der Waals surface area contributed by atoms with Gasteiger partial charge in [0.25, 0.3) is 5.91 Å². The maximum atomic E-state index is 13.7. The first-order chi connectivity index (χ1) is 20.4. The second-order valence-electron chi connectivity index (χ2n) is 11.3. The van der Waals surface area contributed by atoms with Crippen LogP contribution in [0.2, 0.25) is 0 Å². The Hall–Kier alpha value is -4.06. The van der Waals surface area contributed by atoms with Gasteiger partial charge in [0.15, 0.2) is 5.82 Å². The van der Waals surface area contributed by atoms with E-state index in [2.05, 4.69) is 15.3 Å². The molecule has 234 valence electrons. The van der Waals surface area contributed by atoms with Gasteiger partial charge in [0.2, 0.25) is 5.91 Å². The molecule has 0 spiro atoms. The number of hydrogen-bond acceptors (Lipinski definition) is 9. The second-order valence-corrected chi connectivity index (χ2v) is 11.3. The van der Waals surface area contributed by atoms with E-state index in [9.17, 15) is 24.3 Å². The van der Waals surface area contributed by atoms with Crippen LogP contribution in [0.3, 0.4) is 0 Å². The molecular formula is C31H43N5O7. The molecule has 2 heterocycles. The molecule has 1 aliphatic rings. The van der Waals surface area contributed by atoms with Crippen LogP contribution in [-0.4, -0.2) is 93.2 Å². The maximum absolute atomic E-state index is 13.7. The highest BCUT2D eigenvalue weighted by Gasteiger charge is 2.32. The molecule has 0 aliphatic carbocycles. The Labute approximate surface area is 252 Å². The van der Waals surface area contributed by atoms with Gasteiger partial charge in [-0.05, 0) is 46.6 Å². The van der Waals surface area contributed by atoms with Crippen LogP contribution in [0.25, 0.3) is 11.4 Å². The van der Waals surface area contributed by atoms with Crippen molar-refractivity contribution in [3.8, 4) is 11.4 Å². The number of nitrogens with one attached hydrogen (secondary N) is 1. The van der Waals surface area contributed by atoms with E-state index in [1.54, 1.807) is 44.7 Å². The fraction of sp³-hybridized carbons (Fsp3) is 0.548. The van der Waals surface area contributed by atoms with Crippen molar-refractivity contribution in [2.75, 3.05) is 32.8 Å².